The molecule has 0 spiro atoms. The second kappa shape index (κ2) is 9.05. The number of ether oxygens (including phenoxy) is 1. The molecule has 2 aromatic carbocycles. The van der Waals surface area contributed by atoms with Crippen LogP contribution in [0.2, 0.25) is 0 Å². The zero-order valence-electron chi connectivity index (χ0n) is 16.6. The van der Waals surface area contributed by atoms with E-state index in [2.05, 4.69) is 30.1 Å². The van der Waals surface area contributed by atoms with E-state index in [4.69, 9.17) is 4.74 Å². The van der Waals surface area contributed by atoms with Crippen molar-refractivity contribution in [2.24, 2.45) is 11.8 Å². The van der Waals surface area contributed by atoms with Crippen molar-refractivity contribution in [3.63, 3.8) is 0 Å². The predicted octanol–water partition coefficient (Wildman–Crippen LogP) is 4.35. The van der Waals surface area contributed by atoms with Crippen molar-refractivity contribution in [1.82, 2.24) is 4.90 Å². The van der Waals surface area contributed by atoms with Crippen LogP contribution in [0.3, 0.4) is 0 Å². The number of benzene rings is 2. The van der Waals surface area contributed by atoms with Crippen molar-refractivity contribution in [2.45, 2.75) is 33.8 Å². The fourth-order valence-electron chi connectivity index (χ4n) is 3.60. The average molecular weight is 367 g/mol. The van der Waals surface area contributed by atoms with Gasteiger partial charge in [0.2, 0.25) is 5.91 Å². The second-order valence-electron chi connectivity index (χ2n) is 7.75. The highest BCUT2D eigenvalue weighted by atomic mass is 16.5. The third-order valence-corrected chi connectivity index (χ3v) is 5.37. The molecule has 4 nitrogen and oxygen atoms in total. The molecule has 144 valence electrons. The molecule has 2 atom stereocenters. The molecule has 1 fully saturated rings. The molecule has 1 aliphatic rings. The maximum absolute atomic E-state index is 11.6. The van der Waals surface area contributed by atoms with Gasteiger partial charge in [0, 0.05) is 26.6 Å². The van der Waals surface area contributed by atoms with Gasteiger partial charge in [-0.2, -0.15) is 0 Å². The summed E-state index contributed by atoms with van der Waals surface area (Å²) in [5.41, 5.74) is 3.07. The molecular formula is C23H30N2O2. The summed E-state index contributed by atoms with van der Waals surface area (Å²) < 4.78 is 5.96. The lowest BCUT2D eigenvalue weighted by Crippen LogP contribution is -2.23. The van der Waals surface area contributed by atoms with Gasteiger partial charge in [0.05, 0.1) is 5.69 Å². The van der Waals surface area contributed by atoms with Gasteiger partial charge in [-0.05, 0) is 41.5 Å². The Morgan fingerprint density at radius 1 is 1.07 bits per heavy atom. The fourth-order valence-corrected chi connectivity index (χ4v) is 3.60. The molecule has 4 heteroatoms. The van der Waals surface area contributed by atoms with Gasteiger partial charge in [-0.25, -0.2) is 0 Å². The van der Waals surface area contributed by atoms with Crippen LogP contribution in [-0.4, -0.2) is 30.4 Å². The number of carbonyl (C=O) groups excluding carboxylic acids is 1. The number of nitrogens with one attached hydrogen (secondary N) is 1. The van der Waals surface area contributed by atoms with Gasteiger partial charge in [-0.3, -0.25) is 4.79 Å². The summed E-state index contributed by atoms with van der Waals surface area (Å²) >= 11 is 0. The third-order valence-electron chi connectivity index (χ3n) is 5.37. The van der Waals surface area contributed by atoms with E-state index in [9.17, 15) is 4.79 Å². The van der Waals surface area contributed by atoms with E-state index in [-0.39, 0.29) is 5.91 Å². The molecule has 1 aliphatic heterocycles. The molecule has 3 rings (SSSR count). The molecule has 1 amide bonds. The molecule has 0 radical (unpaired) electrons. The van der Waals surface area contributed by atoms with Crippen LogP contribution in [0.4, 0.5) is 5.69 Å². The van der Waals surface area contributed by atoms with Gasteiger partial charge in [0.1, 0.15) is 12.4 Å². The minimum atomic E-state index is -0.0843. The Labute approximate surface area is 162 Å². The summed E-state index contributed by atoms with van der Waals surface area (Å²) in [4.78, 5) is 14.2. The highest BCUT2D eigenvalue weighted by molar-refractivity contribution is 5.90. The molecule has 0 aromatic heterocycles. The number of likely N-dealkylation sites (tertiary alicyclic amines) is 1. The van der Waals surface area contributed by atoms with Gasteiger partial charge in [0.15, 0.2) is 0 Å². The van der Waals surface area contributed by atoms with Crippen molar-refractivity contribution in [1.29, 1.82) is 0 Å². The number of nitrogens with zero attached hydrogens (tertiary/aromatic N) is 1. The average Bonchev–Trinajstić information content (AvgIpc) is 2.97. The summed E-state index contributed by atoms with van der Waals surface area (Å²) in [6, 6.07) is 16.2. The lowest BCUT2D eigenvalue weighted by molar-refractivity contribution is -0.114. The molecule has 0 saturated carbocycles. The normalized spacial score (nSPS) is 19.8. The van der Waals surface area contributed by atoms with Crippen molar-refractivity contribution >= 4 is 11.6 Å². The van der Waals surface area contributed by atoms with E-state index in [1.807, 2.05) is 42.5 Å². The summed E-state index contributed by atoms with van der Waals surface area (Å²) in [6.07, 6.45) is 0.977. The van der Waals surface area contributed by atoms with Crippen LogP contribution in [-0.2, 0) is 17.8 Å². The Bertz CT molecular complexity index is 750. The zero-order valence-corrected chi connectivity index (χ0v) is 16.6. The minimum absolute atomic E-state index is 0.0843. The summed E-state index contributed by atoms with van der Waals surface area (Å²) in [6.45, 7) is 10.1. The molecule has 0 bridgehead atoms. The van der Waals surface area contributed by atoms with E-state index in [1.54, 1.807) is 0 Å². The highest BCUT2D eigenvalue weighted by Gasteiger charge is 2.25. The third kappa shape index (κ3) is 5.57. The van der Waals surface area contributed by atoms with Crippen LogP contribution in [0.25, 0.3) is 0 Å². The van der Waals surface area contributed by atoms with Gasteiger partial charge in [-0.1, -0.05) is 50.2 Å². The molecule has 27 heavy (non-hydrogen) atoms. The van der Waals surface area contributed by atoms with Crippen molar-refractivity contribution in [3.8, 4) is 5.75 Å². The molecule has 1 N–H and O–H groups in total. The van der Waals surface area contributed by atoms with Crippen LogP contribution in [0.1, 0.15) is 31.9 Å². The Hall–Kier alpha value is -2.33. The van der Waals surface area contributed by atoms with Crippen molar-refractivity contribution < 1.29 is 9.53 Å². The quantitative estimate of drug-likeness (QED) is 0.792. The maximum Gasteiger partial charge on any atom is 0.221 e. The van der Waals surface area contributed by atoms with Crippen LogP contribution >= 0.6 is 0 Å². The number of rotatable bonds is 7. The standard InChI is InChI=1S/C23H30N2O2/c1-17-14-25(15-18(17)2)12-11-20-9-10-23(22(13-20)24-19(3)26)27-16-21-7-5-4-6-8-21/h4-10,13,17-18H,11-12,14-16H2,1-3H3,(H,24,26). The molecular weight excluding hydrogens is 336 g/mol. The molecule has 1 heterocycles. The van der Waals surface area contributed by atoms with Crippen LogP contribution < -0.4 is 10.1 Å². The van der Waals surface area contributed by atoms with Crippen LogP contribution in [0.5, 0.6) is 5.75 Å². The Morgan fingerprint density at radius 3 is 2.44 bits per heavy atom. The highest BCUT2D eigenvalue weighted by Crippen LogP contribution is 2.28. The molecule has 0 aliphatic carbocycles. The largest absolute Gasteiger partial charge is 0.487 e. The summed E-state index contributed by atoms with van der Waals surface area (Å²) in [7, 11) is 0. The van der Waals surface area contributed by atoms with Crippen molar-refractivity contribution in [2.75, 3.05) is 25.0 Å². The number of carbonyl (C=O) groups is 1. The molecule has 2 unspecified atom stereocenters. The van der Waals surface area contributed by atoms with Gasteiger partial charge in [-0.15, -0.1) is 0 Å². The van der Waals surface area contributed by atoms with Crippen molar-refractivity contribution in [3.05, 3.63) is 59.7 Å². The Morgan fingerprint density at radius 2 is 1.78 bits per heavy atom. The summed E-state index contributed by atoms with van der Waals surface area (Å²) in [5, 5.41) is 2.91. The van der Waals surface area contributed by atoms with Gasteiger partial charge < -0.3 is 15.0 Å². The number of anilines is 1. The second-order valence-corrected chi connectivity index (χ2v) is 7.75. The van der Waals surface area contributed by atoms with E-state index in [0.29, 0.717) is 12.4 Å². The van der Waals surface area contributed by atoms with Crippen LogP contribution in [0, 0.1) is 11.8 Å². The lowest BCUT2D eigenvalue weighted by Gasteiger charge is -2.17. The Balaban J connectivity index is 1.65. The van der Waals surface area contributed by atoms with E-state index < -0.39 is 0 Å². The first-order valence-electron chi connectivity index (χ1n) is 9.81. The fraction of sp³-hybridized carbons (Fsp3) is 0.435. The first kappa shape index (κ1) is 19.4. The first-order chi connectivity index (χ1) is 13.0. The van der Waals surface area contributed by atoms with Crippen LogP contribution in [0.15, 0.2) is 48.5 Å². The SMILES string of the molecule is CC(=O)Nc1cc(CCN2CC(C)C(C)C2)ccc1OCc1ccccc1. The number of hydrogen-bond donors (Lipinski definition) is 1. The first-order valence-corrected chi connectivity index (χ1v) is 9.81. The number of hydrogen-bond acceptors (Lipinski definition) is 3. The van der Waals surface area contributed by atoms with Gasteiger partial charge in [0.25, 0.3) is 0 Å². The minimum Gasteiger partial charge on any atom is -0.487 e. The lowest BCUT2D eigenvalue weighted by atomic mass is 10.0. The number of amides is 1. The molecule has 1 saturated heterocycles. The van der Waals surface area contributed by atoms with E-state index in [0.717, 1.165) is 36.1 Å². The van der Waals surface area contributed by atoms with E-state index >= 15 is 0 Å². The van der Waals surface area contributed by atoms with E-state index in [1.165, 1.54) is 25.6 Å². The molecule has 2 aromatic rings. The Kier molecular flexibility index (Phi) is 6.51. The topological polar surface area (TPSA) is 41.6 Å². The predicted molar refractivity (Wildman–Crippen MR) is 110 cm³/mol. The monoisotopic (exact) mass is 366 g/mol. The smallest absolute Gasteiger partial charge is 0.221 e. The zero-order chi connectivity index (χ0) is 19.2. The van der Waals surface area contributed by atoms with Gasteiger partial charge >= 0.3 is 0 Å². The summed E-state index contributed by atoms with van der Waals surface area (Å²) in [5.74, 6) is 2.17. The maximum atomic E-state index is 11.6.